The summed E-state index contributed by atoms with van der Waals surface area (Å²) >= 11 is 0. The van der Waals surface area contributed by atoms with Crippen molar-refractivity contribution in [2.75, 3.05) is 13.1 Å². The second kappa shape index (κ2) is 5.95. The van der Waals surface area contributed by atoms with Crippen molar-refractivity contribution in [1.29, 1.82) is 0 Å². The molecule has 1 aliphatic rings. The summed E-state index contributed by atoms with van der Waals surface area (Å²) in [5.41, 5.74) is 1.64. The molecule has 1 saturated heterocycles. The third-order valence-electron chi connectivity index (χ3n) is 4.40. The molecule has 24 heavy (non-hydrogen) atoms. The van der Waals surface area contributed by atoms with E-state index >= 15 is 0 Å². The van der Waals surface area contributed by atoms with E-state index < -0.39 is 10.0 Å². The summed E-state index contributed by atoms with van der Waals surface area (Å²) in [5, 5.41) is 7.80. The number of aromatic nitrogens is 4. The predicted octanol–water partition coefficient (Wildman–Crippen LogP) is 1.92. The van der Waals surface area contributed by atoms with Crippen LogP contribution in [-0.2, 0) is 10.0 Å². The topological polar surface area (TPSA) is 91.8 Å². The molecule has 124 valence electrons. The van der Waals surface area contributed by atoms with Gasteiger partial charge in [-0.2, -0.15) is 9.40 Å². The number of hydrogen-bond donors (Lipinski definition) is 1. The summed E-state index contributed by atoms with van der Waals surface area (Å²) in [6.45, 7) is 0.962. The van der Waals surface area contributed by atoms with Crippen LogP contribution in [-0.4, -0.2) is 46.0 Å². The fourth-order valence-electron chi connectivity index (χ4n) is 3.12. The monoisotopic (exact) mass is 343 g/mol. The number of H-pyrrole nitrogens is 1. The largest absolute Gasteiger partial charge is 0.263 e. The van der Waals surface area contributed by atoms with Crippen LogP contribution in [0.25, 0.3) is 11.0 Å². The highest BCUT2D eigenvalue weighted by Gasteiger charge is 2.31. The smallest absolute Gasteiger partial charge is 0.244 e. The number of hydrogen-bond acceptors (Lipinski definition) is 5. The predicted molar refractivity (Wildman–Crippen MR) is 88.9 cm³/mol. The average molecular weight is 343 g/mol. The van der Waals surface area contributed by atoms with Gasteiger partial charge in [0, 0.05) is 42.5 Å². The van der Waals surface area contributed by atoms with E-state index in [1.165, 1.54) is 10.5 Å². The Morgan fingerprint density at radius 3 is 2.96 bits per heavy atom. The van der Waals surface area contributed by atoms with Gasteiger partial charge in [0.2, 0.25) is 10.0 Å². The highest BCUT2D eigenvalue weighted by molar-refractivity contribution is 7.89. The number of nitrogens with one attached hydrogen (secondary N) is 1. The van der Waals surface area contributed by atoms with E-state index in [9.17, 15) is 8.42 Å². The molecule has 0 unspecified atom stereocenters. The van der Waals surface area contributed by atoms with Gasteiger partial charge in [0.25, 0.3) is 0 Å². The third-order valence-corrected chi connectivity index (χ3v) is 6.25. The second-order valence-electron chi connectivity index (χ2n) is 5.93. The molecule has 7 nitrogen and oxygen atoms in total. The lowest BCUT2D eigenvalue weighted by Gasteiger charge is -2.31. The highest BCUT2D eigenvalue weighted by atomic mass is 32.2. The summed E-state index contributed by atoms with van der Waals surface area (Å²) in [7, 11) is -3.51. The summed E-state index contributed by atoms with van der Waals surface area (Å²) < 4.78 is 27.1. The zero-order chi connectivity index (χ0) is 16.6. The maximum atomic E-state index is 12.8. The molecule has 4 rings (SSSR count). The molecule has 0 bridgehead atoms. The van der Waals surface area contributed by atoms with Crippen LogP contribution in [0, 0.1) is 0 Å². The van der Waals surface area contributed by atoms with E-state index in [1.54, 1.807) is 24.5 Å². The third kappa shape index (κ3) is 2.67. The van der Waals surface area contributed by atoms with Crippen molar-refractivity contribution in [3.63, 3.8) is 0 Å². The van der Waals surface area contributed by atoms with Gasteiger partial charge in [-0.3, -0.25) is 10.1 Å². The zero-order valence-electron chi connectivity index (χ0n) is 13.0. The molecule has 0 radical (unpaired) electrons. The van der Waals surface area contributed by atoms with Crippen molar-refractivity contribution >= 4 is 21.1 Å². The molecule has 1 aliphatic heterocycles. The Morgan fingerprint density at radius 1 is 1.21 bits per heavy atom. The van der Waals surface area contributed by atoms with Crippen LogP contribution in [0.2, 0.25) is 0 Å². The number of sulfonamides is 1. The lowest BCUT2D eigenvalue weighted by Crippen LogP contribution is -2.39. The highest BCUT2D eigenvalue weighted by Crippen LogP contribution is 2.29. The number of aromatic amines is 1. The van der Waals surface area contributed by atoms with Crippen molar-refractivity contribution in [2.24, 2.45) is 0 Å². The maximum absolute atomic E-state index is 12.8. The van der Waals surface area contributed by atoms with Crippen LogP contribution in [0.5, 0.6) is 0 Å². The molecule has 0 amide bonds. The first-order valence-electron chi connectivity index (χ1n) is 7.85. The molecule has 1 fully saturated rings. The van der Waals surface area contributed by atoms with Crippen molar-refractivity contribution in [3.8, 4) is 0 Å². The lowest BCUT2D eigenvalue weighted by molar-refractivity contribution is 0.313. The fraction of sp³-hybridized carbons (Fsp3) is 0.312. The lowest BCUT2D eigenvalue weighted by atomic mass is 9.95. The van der Waals surface area contributed by atoms with Gasteiger partial charge >= 0.3 is 0 Å². The molecule has 1 N–H and O–H groups in total. The van der Waals surface area contributed by atoms with Gasteiger partial charge < -0.3 is 0 Å². The molecule has 0 aliphatic carbocycles. The summed E-state index contributed by atoms with van der Waals surface area (Å²) in [5.74, 6) is 0.0814. The van der Waals surface area contributed by atoms with E-state index in [-0.39, 0.29) is 10.8 Å². The average Bonchev–Trinajstić information content (AvgIpc) is 3.10. The summed E-state index contributed by atoms with van der Waals surface area (Å²) in [6.07, 6.45) is 6.43. The number of piperidine rings is 1. The molecule has 0 saturated carbocycles. The molecule has 0 spiro atoms. The molecular weight excluding hydrogens is 326 g/mol. The van der Waals surface area contributed by atoms with Gasteiger partial charge in [0.15, 0.2) is 5.65 Å². The first-order chi connectivity index (χ1) is 11.6. The Hall–Kier alpha value is -2.32. The normalized spacial score (nSPS) is 19.6. The Morgan fingerprint density at radius 2 is 2.12 bits per heavy atom. The van der Waals surface area contributed by atoms with Gasteiger partial charge in [-0.15, -0.1) is 0 Å². The minimum absolute atomic E-state index is 0.0814. The molecule has 4 heterocycles. The van der Waals surface area contributed by atoms with Gasteiger partial charge in [-0.05, 0) is 37.1 Å². The molecule has 8 heteroatoms. The maximum Gasteiger partial charge on any atom is 0.244 e. The van der Waals surface area contributed by atoms with Gasteiger partial charge in [0.05, 0.1) is 6.20 Å². The van der Waals surface area contributed by atoms with E-state index in [0.717, 1.165) is 29.6 Å². The van der Waals surface area contributed by atoms with Crippen LogP contribution in [0.15, 0.2) is 47.8 Å². The van der Waals surface area contributed by atoms with Gasteiger partial charge in [-0.25, -0.2) is 13.4 Å². The molecule has 3 aromatic rings. The summed E-state index contributed by atoms with van der Waals surface area (Å²) in [4.78, 5) is 8.76. The number of fused-ring (bicyclic) bond motifs is 1. The van der Waals surface area contributed by atoms with Crippen molar-refractivity contribution < 1.29 is 8.42 Å². The minimum Gasteiger partial charge on any atom is -0.263 e. The number of pyridine rings is 2. The molecule has 0 aromatic carbocycles. The van der Waals surface area contributed by atoms with Crippen LogP contribution in [0.4, 0.5) is 0 Å². The Kier molecular flexibility index (Phi) is 3.78. The SMILES string of the molecule is O=S(=O)(c1cccnc1)N1CCC[C@H](c2ccc3cn[nH]c3n2)C1. The Balaban J connectivity index is 1.61. The first kappa shape index (κ1) is 15.2. The standard InChI is InChI=1S/C16H17N5O2S/c22-24(23,14-4-1-7-17-10-14)21-8-2-3-13(11-21)15-6-5-12-9-18-20-16(12)19-15/h1,4-7,9-10,13H,2-3,8,11H2,(H,18,19,20)/t13-/m0/s1. The number of rotatable bonds is 3. The molecule has 1 atom stereocenters. The van der Waals surface area contributed by atoms with E-state index in [4.69, 9.17) is 0 Å². The van der Waals surface area contributed by atoms with E-state index in [2.05, 4.69) is 20.2 Å². The molecule has 3 aromatic heterocycles. The molecular formula is C16H17N5O2S. The van der Waals surface area contributed by atoms with Gasteiger partial charge in [-0.1, -0.05) is 0 Å². The van der Waals surface area contributed by atoms with E-state index in [1.807, 2.05) is 12.1 Å². The van der Waals surface area contributed by atoms with Crippen LogP contribution >= 0.6 is 0 Å². The van der Waals surface area contributed by atoms with Crippen LogP contribution < -0.4 is 0 Å². The Labute approximate surface area is 139 Å². The fourth-order valence-corrected chi connectivity index (χ4v) is 4.61. The first-order valence-corrected chi connectivity index (χ1v) is 9.29. The van der Waals surface area contributed by atoms with Gasteiger partial charge in [0.1, 0.15) is 4.90 Å². The van der Waals surface area contributed by atoms with E-state index in [0.29, 0.717) is 13.1 Å². The number of nitrogens with zero attached hydrogens (tertiary/aromatic N) is 4. The summed E-state index contributed by atoms with van der Waals surface area (Å²) in [6, 6.07) is 7.15. The van der Waals surface area contributed by atoms with Crippen molar-refractivity contribution in [3.05, 3.63) is 48.5 Å². The quantitative estimate of drug-likeness (QED) is 0.784. The van der Waals surface area contributed by atoms with Crippen molar-refractivity contribution in [1.82, 2.24) is 24.5 Å². The van der Waals surface area contributed by atoms with Crippen LogP contribution in [0.3, 0.4) is 0 Å². The van der Waals surface area contributed by atoms with Crippen LogP contribution in [0.1, 0.15) is 24.5 Å². The second-order valence-corrected chi connectivity index (χ2v) is 7.87. The van der Waals surface area contributed by atoms with Crippen molar-refractivity contribution in [2.45, 2.75) is 23.7 Å². The Bertz CT molecular complexity index is 955. The zero-order valence-corrected chi connectivity index (χ0v) is 13.8. The minimum atomic E-state index is -3.51.